The fourth-order valence-electron chi connectivity index (χ4n) is 2.05. The van der Waals surface area contributed by atoms with E-state index in [1.54, 1.807) is 12.0 Å². The lowest BCUT2D eigenvalue weighted by atomic mass is 10.2. The molecule has 18 heavy (non-hydrogen) atoms. The Morgan fingerprint density at radius 2 is 2.33 bits per heavy atom. The monoisotopic (exact) mass is 334 g/mol. The highest BCUT2D eigenvalue weighted by Gasteiger charge is 2.28. The van der Waals surface area contributed by atoms with Crippen molar-refractivity contribution in [3.63, 3.8) is 0 Å². The van der Waals surface area contributed by atoms with Crippen molar-refractivity contribution >= 4 is 39.9 Å². The van der Waals surface area contributed by atoms with E-state index in [2.05, 4.69) is 15.9 Å². The zero-order valence-electron chi connectivity index (χ0n) is 10.1. The molecule has 1 atom stereocenters. The van der Waals surface area contributed by atoms with Gasteiger partial charge < -0.3 is 15.4 Å². The second-order valence-corrected chi connectivity index (χ2v) is 4.99. The molecule has 1 heterocycles. The van der Waals surface area contributed by atoms with Gasteiger partial charge >= 0.3 is 0 Å². The Morgan fingerprint density at radius 1 is 1.61 bits per heavy atom. The molecule has 1 aromatic carbocycles. The van der Waals surface area contributed by atoms with Crippen molar-refractivity contribution in [3.05, 3.63) is 28.2 Å². The summed E-state index contributed by atoms with van der Waals surface area (Å²) in [6, 6.07) is 5.34. The van der Waals surface area contributed by atoms with Gasteiger partial charge in [0.2, 0.25) is 5.91 Å². The summed E-state index contributed by atoms with van der Waals surface area (Å²) in [5.41, 5.74) is 7.91. The van der Waals surface area contributed by atoms with Crippen LogP contribution in [-0.2, 0) is 16.0 Å². The van der Waals surface area contributed by atoms with Gasteiger partial charge in [0.15, 0.2) is 0 Å². The molecule has 0 fully saturated rings. The van der Waals surface area contributed by atoms with Gasteiger partial charge in [0.25, 0.3) is 0 Å². The second-order valence-electron chi connectivity index (χ2n) is 4.07. The van der Waals surface area contributed by atoms with Crippen molar-refractivity contribution in [2.75, 3.05) is 25.2 Å². The minimum absolute atomic E-state index is 0. The number of nitrogens with two attached hydrogens (primary N) is 1. The van der Waals surface area contributed by atoms with Crippen LogP contribution in [-0.4, -0.2) is 32.2 Å². The average Bonchev–Trinajstić information content (AvgIpc) is 2.71. The molecule has 1 aromatic rings. The first kappa shape index (κ1) is 15.4. The van der Waals surface area contributed by atoms with Gasteiger partial charge in [-0.15, -0.1) is 12.4 Å². The number of hydrogen-bond acceptors (Lipinski definition) is 3. The number of carbonyl (C=O) groups is 1. The number of rotatable bonds is 3. The van der Waals surface area contributed by atoms with Crippen LogP contribution in [0.25, 0.3) is 0 Å². The quantitative estimate of drug-likeness (QED) is 0.915. The fraction of sp³-hybridized carbons (Fsp3) is 0.417. The summed E-state index contributed by atoms with van der Waals surface area (Å²) in [5, 5.41) is 0. The molecule has 0 spiro atoms. The first-order valence-corrected chi connectivity index (χ1v) is 6.27. The Kier molecular flexibility index (Phi) is 5.59. The van der Waals surface area contributed by atoms with Crippen LogP contribution in [0.4, 0.5) is 5.69 Å². The zero-order valence-corrected chi connectivity index (χ0v) is 12.5. The topological polar surface area (TPSA) is 55.6 Å². The summed E-state index contributed by atoms with van der Waals surface area (Å²) in [7, 11) is 1.54. The van der Waals surface area contributed by atoms with Crippen LogP contribution < -0.4 is 10.6 Å². The summed E-state index contributed by atoms with van der Waals surface area (Å²) < 4.78 is 5.95. The van der Waals surface area contributed by atoms with Gasteiger partial charge in [-0.1, -0.05) is 15.9 Å². The molecule has 0 bridgehead atoms. The van der Waals surface area contributed by atoms with Crippen molar-refractivity contribution in [3.8, 4) is 0 Å². The highest BCUT2D eigenvalue weighted by atomic mass is 79.9. The van der Waals surface area contributed by atoms with E-state index >= 15 is 0 Å². The maximum absolute atomic E-state index is 12.1. The first-order valence-electron chi connectivity index (χ1n) is 5.48. The summed E-state index contributed by atoms with van der Waals surface area (Å²) >= 11 is 3.43. The molecule has 0 aliphatic carbocycles. The third-order valence-electron chi connectivity index (χ3n) is 2.87. The molecule has 2 N–H and O–H groups in total. The van der Waals surface area contributed by atoms with Crippen molar-refractivity contribution in [1.82, 2.24) is 0 Å². The van der Waals surface area contributed by atoms with Gasteiger partial charge in [-0.3, -0.25) is 4.79 Å². The maximum Gasteiger partial charge on any atom is 0.246 e. The summed E-state index contributed by atoms with van der Waals surface area (Å²) in [4.78, 5) is 13.8. The highest BCUT2D eigenvalue weighted by Crippen LogP contribution is 2.30. The number of benzene rings is 1. The number of methoxy groups -OCH3 is 1. The SMILES string of the molecule is COCC(N)C(=O)N1CCc2cc(Br)ccc21.Cl. The molecule has 0 saturated heterocycles. The number of amides is 1. The third-order valence-corrected chi connectivity index (χ3v) is 3.36. The number of ether oxygens (including phenoxy) is 1. The Hall–Kier alpha value is -0.620. The van der Waals surface area contributed by atoms with E-state index in [1.165, 1.54) is 5.56 Å². The molecule has 100 valence electrons. The van der Waals surface area contributed by atoms with Crippen molar-refractivity contribution in [2.24, 2.45) is 5.73 Å². The van der Waals surface area contributed by atoms with E-state index in [4.69, 9.17) is 10.5 Å². The number of fused-ring (bicyclic) bond motifs is 1. The average molecular weight is 336 g/mol. The summed E-state index contributed by atoms with van der Waals surface area (Å²) in [6.07, 6.45) is 0.875. The molecule has 2 rings (SSSR count). The molecule has 0 saturated carbocycles. The van der Waals surface area contributed by atoms with E-state index in [0.717, 1.165) is 16.6 Å². The molecule has 4 nitrogen and oxygen atoms in total. The fourth-order valence-corrected chi connectivity index (χ4v) is 2.46. The Morgan fingerprint density at radius 3 is 3.00 bits per heavy atom. The van der Waals surface area contributed by atoms with E-state index < -0.39 is 6.04 Å². The van der Waals surface area contributed by atoms with E-state index in [-0.39, 0.29) is 24.9 Å². The lowest BCUT2D eigenvalue weighted by Crippen LogP contribution is -2.45. The minimum atomic E-state index is -0.588. The molecule has 0 aromatic heterocycles. The van der Waals surface area contributed by atoms with Crippen LogP contribution in [0.5, 0.6) is 0 Å². The smallest absolute Gasteiger partial charge is 0.246 e. The van der Waals surface area contributed by atoms with Gasteiger partial charge in [0.05, 0.1) is 6.61 Å². The molecule has 1 amide bonds. The molecule has 0 radical (unpaired) electrons. The van der Waals surface area contributed by atoms with Crippen LogP contribution in [0.3, 0.4) is 0 Å². The second kappa shape index (κ2) is 6.52. The van der Waals surface area contributed by atoms with Gasteiger partial charge in [0.1, 0.15) is 6.04 Å². The van der Waals surface area contributed by atoms with Gasteiger partial charge in [-0.25, -0.2) is 0 Å². The predicted molar refractivity (Wildman–Crippen MR) is 77.3 cm³/mol. The first-order chi connectivity index (χ1) is 8.13. The van der Waals surface area contributed by atoms with Crippen molar-refractivity contribution < 1.29 is 9.53 Å². The van der Waals surface area contributed by atoms with E-state index in [0.29, 0.717) is 6.54 Å². The third kappa shape index (κ3) is 3.03. The number of halogens is 2. The lowest BCUT2D eigenvalue weighted by Gasteiger charge is -2.21. The van der Waals surface area contributed by atoms with Gasteiger partial charge in [-0.2, -0.15) is 0 Å². The Labute approximate surface area is 121 Å². The summed E-state index contributed by atoms with van der Waals surface area (Å²) in [5.74, 6) is -0.0760. The molecule has 6 heteroatoms. The largest absolute Gasteiger partial charge is 0.383 e. The number of carbonyl (C=O) groups excluding carboxylic acids is 1. The number of anilines is 1. The summed E-state index contributed by atoms with van der Waals surface area (Å²) in [6.45, 7) is 0.948. The standard InChI is InChI=1S/C12H15BrN2O2.ClH/c1-17-7-10(14)12(16)15-5-4-8-6-9(13)2-3-11(8)15;/h2-3,6,10H,4-5,7,14H2,1H3;1H. The van der Waals surface area contributed by atoms with Crippen LogP contribution in [0, 0.1) is 0 Å². The van der Waals surface area contributed by atoms with Crippen LogP contribution >= 0.6 is 28.3 Å². The molecule has 1 aliphatic heterocycles. The minimum Gasteiger partial charge on any atom is -0.383 e. The van der Waals surface area contributed by atoms with Crippen LogP contribution in [0.2, 0.25) is 0 Å². The van der Waals surface area contributed by atoms with Crippen LogP contribution in [0.15, 0.2) is 22.7 Å². The van der Waals surface area contributed by atoms with Gasteiger partial charge in [0, 0.05) is 23.8 Å². The van der Waals surface area contributed by atoms with E-state index in [1.807, 2.05) is 18.2 Å². The predicted octanol–water partition coefficient (Wildman–Crippen LogP) is 1.73. The maximum atomic E-state index is 12.1. The highest BCUT2D eigenvalue weighted by molar-refractivity contribution is 9.10. The van der Waals surface area contributed by atoms with Gasteiger partial charge in [-0.05, 0) is 30.2 Å². The number of hydrogen-bond donors (Lipinski definition) is 1. The normalized spacial score (nSPS) is 14.9. The Bertz CT molecular complexity index is 442. The number of nitrogens with zero attached hydrogens (tertiary/aromatic N) is 1. The molecular weight excluding hydrogens is 320 g/mol. The van der Waals surface area contributed by atoms with Crippen molar-refractivity contribution in [2.45, 2.75) is 12.5 Å². The Balaban J connectivity index is 0.00000162. The molecular formula is C12H16BrClN2O2. The van der Waals surface area contributed by atoms with Crippen molar-refractivity contribution in [1.29, 1.82) is 0 Å². The van der Waals surface area contributed by atoms with E-state index in [9.17, 15) is 4.79 Å². The zero-order chi connectivity index (χ0) is 12.4. The van der Waals surface area contributed by atoms with Crippen LogP contribution in [0.1, 0.15) is 5.56 Å². The molecule has 1 unspecified atom stereocenters. The molecule has 1 aliphatic rings. The lowest BCUT2D eigenvalue weighted by molar-refractivity contribution is -0.120.